The molecular formula is C19H23N9S. The summed E-state index contributed by atoms with van der Waals surface area (Å²) >= 11 is 1.43. The van der Waals surface area contributed by atoms with Gasteiger partial charge >= 0.3 is 0 Å². The van der Waals surface area contributed by atoms with Crippen molar-refractivity contribution in [3.05, 3.63) is 36.4 Å². The summed E-state index contributed by atoms with van der Waals surface area (Å²) in [4.78, 5) is 7.23. The van der Waals surface area contributed by atoms with Crippen molar-refractivity contribution in [3.8, 4) is 11.1 Å². The van der Waals surface area contributed by atoms with Gasteiger partial charge in [0.15, 0.2) is 5.65 Å². The van der Waals surface area contributed by atoms with Crippen LogP contribution in [0.15, 0.2) is 30.7 Å². The van der Waals surface area contributed by atoms with Crippen LogP contribution in [0.3, 0.4) is 0 Å². The molecule has 1 atom stereocenters. The van der Waals surface area contributed by atoms with Gasteiger partial charge in [-0.25, -0.2) is 4.98 Å². The molecule has 4 aromatic rings. The zero-order chi connectivity index (χ0) is 20.0. The van der Waals surface area contributed by atoms with E-state index in [0.29, 0.717) is 0 Å². The number of aryl methyl sites for hydroxylation is 2. The highest BCUT2D eigenvalue weighted by Gasteiger charge is 2.21. The van der Waals surface area contributed by atoms with Gasteiger partial charge in [-0.1, -0.05) is 0 Å². The number of nitrogens with one attached hydrogen (secondary N) is 1. The molecule has 0 aromatic carbocycles. The van der Waals surface area contributed by atoms with Gasteiger partial charge in [0.2, 0.25) is 0 Å². The van der Waals surface area contributed by atoms with Crippen LogP contribution in [0.2, 0.25) is 0 Å². The molecule has 0 aliphatic carbocycles. The summed E-state index contributed by atoms with van der Waals surface area (Å²) in [5.41, 5.74) is 9.94. The van der Waals surface area contributed by atoms with Crippen molar-refractivity contribution in [1.29, 1.82) is 0 Å². The lowest BCUT2D eigenvalue weighted by atomic mass is 10.1. The maximum absolute atomic E-state index is 6.22. The van der Waals surface area contributed by atoms with Crippen LogP contribution in [0.5, 0.6) is 0 Å². The monoisotopic (exact) mass is 409 g/mol. The van der Waals surface area contributed by atoms with Crippen molar-refractivity contribution >= 4 is 33.8 Å². The van der Waals surface area contributed by atoms with Gasteiger partial charge < -0.3 is 16.0 Å². The van der Waals surface area contributed by atoms with Gasteiger partial charge in [0.25, 0.3) is 0 Å². The molecule has 0 saturated carbocycles. The summed E-state index contributed by atoms with van der Waals surface area (Å²) in [6.45, 7) is 3.74. The number of aromatic nitrogens is 6. The van der Waals surface area contributed by atoms with Gasteiger partial charge in [-0.2, -0.15) is 19.1 Å². The van der Waals surface area contributed by atoms with Crippen molar-refractivity contribution in [2.75, 3.05) is 23.3 Å². The van der Waals surface area contributed by atoms with Gasteiger partial charge in [-0.05, 0) is 37.4 Å². The summed E-state index contributed by atoms with van der Waals surface area (Å²) in [7, 11) is 1.91. The van der Waals surface area contributed by atoms with Crippen molar-refractivity contribution in [1.82, 2.24) is 28.8 Å². The van der Waals surface area contributed by atoms with Crippen molar-refractivity contribution in [2.24, 2.45) is 12.8 Å². The third kappa shape index (κ3) is 3.45. The second-order valence-electron chi connectivity index (χ2n) is 7.50. The molecule has 0 bridgehead atoms. The Morgan fingerprint density at radius 1 is 1.24 bits per heavy atom. The minimum absolute atomic E-state index is 0.171. The van der Waals surface area contributed by atoms with Crippen molar-refractivity contribution in [3.63, 3.8) is 0 Å². The van der Waals surface area contributed by atoms with Crippen LogP contribution in [0.25, 0.3) is 16.8 Å². The lowest BCUT2D eigenvalue weighted by molar-refractivity contribution is 0.503. The number of piperidine rings is 1. The number of hydrogen-bond acceptors (Lipinski definition) is 8. The molecular weight excluding hydrogens is 386 g/mol. The van der Waals surface area contributed by atoms with E-state index in [0.717, 1.165) is 65.0 Å². The highest BCUT2D eigenvalue weighted by molar-refractivity contribution is 7.10. The standard InChI is InChI=1S/C19H23N9S/c1-12-6-18(29-25-12)23-17-7-16(27-5-3-4-14(20)11-27)24-19-15(9-22-28(17)19)13-8-21-26(2)10-13/h6-10,14,23H,3-5,11,20H2,1-2H3/t14-/m0/s1. The summed E-state index contributed by atoms with van der Waals surface area (Å²) in [6, 6.07) is 4.24. The minimum Gasteiger partial charge on any atom is -0.355 e. The minimum atomic E-state index is 0.171. The fourth-order valence-electron chi connectivity index (χ4n) is 3.73. The van der Waals surface area contributed by atoms with Gasteiger partial charge in [-0.15, -0.1) is 0 Å². The van der Waals surface area contributed by atoms with Gasteiger partial charge in [0.1, 0.15) is 16.6 Å². The SMILES string of the molecule is Cc1cc(Nc2cc(N3CCC[C@H](N)C3)nc3c(-c4cnn(C)c4)cnn23)sn1. The fraction of sp³-hybridized carbons (Fsp3) is 0.368. The van der Waals surface area contributed by atoms with Gasteiger partial charge in [0, 0.05) is 49.6 Å². The molecule has 0 amide bonds. The Kier molecular flexibility index (Phi) is 4.44. The Balaban J connectivity index is 1.64. The fourth-order valence-corrected chi connectivity index (χ4v) is 4.40. The first-order valence-electron chi connectivity index (χ1n) is 9.65. The number of hydrogen-bond donors (Lipinski definition) is 2. The average Bonchev–Trinajstić information content (AvgIpc) is 3.41. The predicted octanol–water partition coefficient (Wildman–Crippen LogP) is 2.57. The summed E-state index contributed by atoms with van der Waals surface area (Å²) in [6.07, 6.45) is 7.77. The quantitative estimate of drug-likeness (QED) is 0.534. The van der Waals surface area contributed by atoms with Gasteiger partial charge in [0.05, 0.1) is 18.1 Å². The summed E-state index contributed by atoms with van der Waals surface area (Å²) in [5, 5.41) is 13.3. The number of rotatable bonds is 4. The average molecular weight is 410 g/mol. The van der Waals surface area contributed by atoms with Crippen LogP contribution >= 0.6 is 11.5 Å². The molecule has 3 N–H and O–H groups in total. The van der Waals surface area contributed by atoms with Crippen molar-refractivity contribution < 1.29 is 0 Å². The molecule has 1 fully saturated rings. The Bertz CT molecular complexity index is 1160. The zero-order valence-electron chi connectivity index (χ0n) is 16.4. The Hall–Kier alpha value is -2.98. The Labute approximate surface area is 172 Å². The van der Waals surface area contributed by atoms with E-state index in [1.54, 1.807) is 4.68 Å². The molecule has 1 aliphatic rings. The third-order valence-electron chi connectivity index (χ3n) is 5.14. The lowest BCUT2D eigenvalue weighted by Gasteiger charge is -2.32. The number of fused-ring (bicyclic) bond motifs is 1. The first kappa shape index (κ1) is 18.1. The smallest absolute Gasteiger partial charge is 0.167 e. The second kappa shape index (κ2) is 7.12. The van der Waals surface area contributed by atoms with Crippen LogP contribution in [0.4, 0.5) is 16.6 Å². The van der Waals surface area contributed by atoms with E-state index in [-0.39, 0.29) is 6.04 Å². The largest absolute Gasteiger partial charge is 0.355 e. The highest BCUT2D eigenvalue weighted by Crippen LogP contribution is 2.31. The van der Waals surface area contributed by atoms with E-state index in [4.69, 9.17) is 10.7 Å². The van der Waals surface area contributed by atoms with E-state index in [9.17, 15) is 0 Å². The molecule has 150 valence electrons. The normalized spacial score (nSPS) is 17.2. The molecule has 10 heteroatoms. The van der Waals surface area contributed by atoms with E-state index in [1.165, 1.54) is 11.5 Å². The van der Waals surface area contributed by atoms with E-state index in [2.05, 4.69) is 24.8 Å². The topological polar surface area (TPSA) is 102 Å². The Morgan fingerprint density at radius 2 is 2.14 bits per heavy atom. The molecule has 1 aliphatic heterocycles. The highest BCUT2D eigenvalue weighted by atomic mass is 32.1. The lowest BCUT2D eigenvalue weighted by Crippen LogP contribution is -2.43. The van der Waals surface area contributed by atoms with Gasteiger partial charge in [-0.3, -0.25) is 4.68 Å². The molecule has 0 spiro atoms. The Morgan fingerprint density at radius 3 is 2.86 bits per heavy atom. The summed E-state index contributed by atoms with van der Waals surface area (Å²) in [5.74, 6) is 1.75. The molecule has 5 rings (SSSR count). The van der Waals surface area contributed by atoms with Crippen LogP contribution < -0.4 is 16.0 Å². The maximum atomic E-state index is 6.22. The number of nitrogens with two attached hydrogens (primary N) is 1. The molecule has 9 nitrogen and oxygen atoms in total. The maximum Gasteiger partial charge on any atom is 0.167 e. The van der Waals surface area contributed by atoms with Crippen LogP contribution in [0.1, 0.15) is 18.5 Å². The molecule has 0 radical (unpaired) electrons. The predicted molar refractivity (Wildman–Crippen MR) is 115 cm³/mol. The first-order valence-corrected chi connectivity index (χ1v) is 10.4. The molecule has 0 unspecified atom stereocenters. The second-order valence-corrected chi connectivity index (χ2v) is 8.31. The van der Waals surface area contributed by atoms with Crippen molar-refractivity contribution in [2.45, 2.75) is 25.8 Å². The van der Waals surface area contributed by atoms with E-state index < -0.39 is 0 Å². The van der Waals surface area contributed by atoms with E-state index >= 15 is 0 Å². The third-order valence-corrected chi connectivity index (χ3v) is 5.93. The summed E-state index contributed by atoms with van der Waals surface area (Å²) < 4.78 is 7.99. The molecule has 29 heavy (non-hydrogen) atoms. The molecule has 1 saturated heterocycles. The van der Waals surface area contributed by atoms with Crippen LogP contribution in [-0.4, -0.2) is 47.9 Å². The van der Waals surface area contributed by atoms with E-state index in [1.807, 2.05) is 49.2 Å². The molecule has 5 heterocycles. The van der Waals surface area contributed by atoms with Crippen LogP contribution in [-0.2, 0) is 7.05 Å². The number of nitrogens with zero attached hydrogens (tertiary/aromatic N) is 7. The molecule has 4 aromatic heterocycles. The number of anilines is 3. The zero-order valence-corrected chi connectivity index (χ0v) is 17.2. The first-order chi connectivity index (χ1) is 14.1. The van der Waals surface area contributed by atoms with Crippen LogP contribution in [0, 0.1) is 6.92 Å².